The molecule has 1 amide bonds. The lowest BCUT2D eigenvalue weighted by Crippen LogP contribution is -2.35. The summed E-state index contributed by atoms with van der Waals surface area (Å²) in [4.78, 5) is 31.8. The van der Waals surface area contributed by atoms with Gasteiger partial charge in [0.25, 0.3) is 0 Å². The van der Waals surface area contributed by atoms with Crippen LogP contribution in [0.5, 0.6) is 0 Å². The van der Waals surface area contributed by atoms with Gasteiger partial charge in [-0.1, -0.05) is 48.5 Å². The number of aryl methyl sites for hydroxylation is 1. The van der Waals surface area contributed by atoms with Crippen molar-refractivity contribution in [3.05, 3.63) is 100 Å². The lowest BCUT2D eigenvalue weighted by Gasteiger charge is -2.20. The van der Waals surface area contributed by atoms with Gasteiger partial charge in [-0.05, 0) is 35.4 Å². The summed E-state index contributed by atoms with van der Waals surface area (Å²) in [5.74, 6) is -1.50. The largest absolute Gasteiger partial charge is 0.449 e. The second kappa shape index (κ2) is 8.46. The summed E-state index contributed by atoms with van der Waals surface area (Å²) in [5.41, 5.74) is 2.69. The van der Waals surface area contributed by atoms with E-state index >= 15 is 0 Å². The maximum atomic E-state index is 13.1. The van der Waals surface area contributed by atoms with Crippen LogP contribution in [0.3, 0.4) is 0 Å². The van der Waals surface area contributed by atoms with E-state index in [9.17, 15) is 22.8 Å². The second-order valence-corrected chi connectivity index (χ2v) is 8.19. The van der Waals surface area contributed by atoms with Crippen molar-refractivity contribution in [2.75, 3.05) is 0 Å². The van der Waals surface area contributed by atoms with Crippen LogP contribution in [0.15, 0.2) is 77.6 Å². The summed E-state index contributed by atoms with van der Waals surface area (Å²) in [6.07, 6.45) is -4.60. The molecule has 7 nitrogen and oxygen atoms in total. The number of alkyl halides is 3. The number of imidazole rings is 2. The van der Waals surface area contributed by atoms with Gasteiger partial charge in [0.05, 0.1) is 28.1 Å². The molecule has 0 saturated heterocycles. The third-order valence-electron chi connectivity index (χ3n) is 5.90. The summed E-state index contributed by atoms with van der Waals surface area (Å²) in [6, 6.07) is 20.2. The van der Waals surface area contributed by atoms with Crippen LogP contribution in [-0.4, -0.2) is 25.0 Å². The Kier molecular flexibility index (Phi) is 5.43. The number of rotatable bonds is 5. The van der Waals surface area contributed by atoms with Crippen molar-refractivity contribution in [1.29, 1.82) is 0 Å². The van der Waals surface area contributed by atoms with Crippen LogP contribution in [0.2, 0.25) is 0 Å². The van der Waals surface area contributed by atoms with Crippen LogP contribution < -0.4 is 11.0 Å². The van der Waals surface area contributed by atoms with E-state index in [4.69, 9.17) is 0 Å². The van der Waals surface area contributed by atoms with Gasteiger partial charge in [0.1, 0.15) is 6.54 Å². The van der Waals surface area contributed by atoms with Crippen LogP contribution in [0.25, 0.3) is 22.1 Å². The van der Waals surface area contributed by atoms with Crippen molar-refractivity contribution >= 4 is 28.0 Å². The molecule has 2 aromatic heterocycles. The Bertz CT molecular complexity index is 1600. The highest BCUT2D eigenvalue weighted by Crippen LogP contribution is 2.30. The number of carbonyl (C=O) groups is 1. The molecule has 0 radical (unpaired) electrons. The molecule has 10 heteroatoms. The van der Waals surface area contributed by atoms with Gasteiger partial charge in [-0.15, -0.1) is 0 Å². The normalized spacial score (nSPS) is 12.8. The van der Waals surface area contributed by atoms with Crippen LogP contribution >= 0.6 is 0 Å². The van der Waals surface area contributed by atoms with Crippen molar-refractivity contribution in [3.8, 4) is 0 Å². The number of H-pyrrole nitrogens is 1. The Morgan fingerprint density at radius 2 is 1.69 bits per heavy atom. The predicted molar refractivity (Wildman–Crippen MR) is 125 cm³/mol. The lowest BCUT2D eigenvalue weighted by atomic mass is 9.98. The molecule has 0 aliphatic rings. The standard InChI is InChI=1S/C25H20F3N5O2/c1-32-19-9-5-6-10-20(19)33(24(32)35)14-21(34)31-22(15-7-3-2-4-8-15)16-11-12-17-18(13-16)30-23(29-17)25(26,27)28/h2-13,22H,14H2,1H3,(H,29,30)(H,31,34). The molecule has 5 rings (SSSR count). The fraction of sp³-hybridized carbons (Fsp3) is 0.160. The zero-order valence-corrected chi connectivity index (χ0v) is 18.5. The van der Waals surface area contributed by atoms with Gasteiger partial charge in [0.15, 0.2) is 0 Å². The van der Waals surface area contributed by atoms with Gasteiger partial charge < -0.3 is 10.3 Å². The van der Waals surface area contributed by atoms with Crippen LogP contribution in [0.4, 0.5) is 13.2 Å². The van der Waals surface area contributed by atoms with Crippen molar-refractivity contribution < 1.29 is 18.0 Å². The van der Waals surface area contributed by atoms with E-state index in [0.717, 1.165) is 5.56 Å². The molecule has 1 unspecified atom stereocenters. The maximum absolute atomic E-state index is 13.1. The number of fused-ring (bicyclic) bond motifs is 2. The van der Waals surface area contributed by atoms with Gasteiger partial charge in [0, 0.05) is 7.05 Å². The molecule has 3 aromatic carbocycles. The molecule has 5 aromatic rings. The number of para-hydroxylation sites is 2. The first-order chi connectivity index (χ1) is 16.7. The van der Waals surface area contributed by atoms with E-state index in [1.165, 1.54) is 15.2 Å². The van der Waals surface area contributed by atoms with Crippen molar-refractivity contribution in [2.24, 2.45) is 7.05 Å². The van der Waals surface area contributed by atoms with E-state index < -0.39 is 23.9 Å². The molecule has 2 N–H and O–H groups in total. The first-order valence-electron chi connectivity index (χ1n) is 10.8. The number of aromatic nitrogens is 4. The number of aromatic amines is 1. The van der Waals surface area contributed by atoms with Crippen molar-refractivity contribution in [3.63, 3.8) is 0 Å². The number of benzene rings is 3. The first kappa shape index (κ1) is 22.5. The van der Waals surface area contributed by atoms with Crippen molar-refractivity contribution in [1.82, 2.24) is 24.4 Å². The fourth-order valence-corrected chi connectivity index (χ4v) is 4.21. The van der Waals surface area contributed by atoms with E-state index in [-0.39, 0.29) is 23.3 Å². The maximum Gasteiger partial charge on any atom is 0.449 e. The third kappa shape index (κ3) is 4.18. The highest BCUT2D eigenvalue weighted by Gasteiger charge is 2.34. The highest BCUT2D eigenvalue weighted by molar-refractivity contribution is 5.82. The smallest absolute Gasteiger partial charge is 0.344 e. The number of amides is 1. The Balaban J connectivity index is 1.50. The summed E-state index contributed by atoms with van der Waals surface area (Å²) in [7, 11) is 1.64. The average Bonchev–Trinajstić information content (AvgIpc) is 3.38. The molecule has 0 aliphatic heterocycles. The number of carbonyl (C=O) groups excluding carboxylic acids is 1. The Hall–Kier alpha value is -4.34. The second-order valence-electron chi connectivity index (χ2n) is 8.19. The van der Waals surface area contributed by atoms with Gasteiger partial charge in [-0.25, -0.2) is 9.78 Å². The minimum absolute atomic E-state index is 0.168. The zero-order valence-electron chi connectivity index (χ0n) is 18.5. The average molecular weight is 479 g/mol. The van der Waals surface area contributed by atoms with Crippen LogP contribution in [0, 0.1) is 0 Å². The summed E-state index contributed by atoms with van der Waals surface area (Å²) >= 11 is 0. The summed E-state index contributed by atoms with van der Waals surface area (Å²) in [6.45, 7) is -0.214. The minimum Gasteiger partial charge on any atom is -0.344 e. The van der Waals surface area contributed by atoms with Crippen molar-refractivity contribution in [2.45, 2.75) is 18.8 Å². The van der Waals surface area contributed by atoms with E-state index in [1.54, 1.807) is 49.5 Å². The third-order valence-corrected chi connectivity index (χ3v) is 5.90. The van der Waals surface area contributed by atoms with Gasteiger partial charge in [0.2, 0.25) is 11.7 Å². The van der Waals surface area contributed by atoms with E-state index in [0.29, 0.717) is 16.6 Å². The van der Waals surface area contributed by atoms with Gasteiger partial charge in [-0.3, -0.25) is 13.9 Å². The Morgan fingerprint density at radius 3 is 2.40 bits per heavy atom. The molecule has 0 bridgehead atoms. The number of halogens is 3. The Morgan fingerprint density at radius 1 is 1.00 bits per heavy atom. The molecule has 0 spiro atoms. The first-order valence-corrected chi connectivity index (χ1v) is 10.8. The summed E-state index contributed by atoms with van der Waals surface area (Å²) < 4.78 is 42.1. The van der Waals surface area contributed by atoms with Crippen LogP contribution in [-0.2, 0) is 24.6 Å². The molecule has 35 heavy (non-hydrogen) atoms. The van der Waals surface area contributed by atoms with E-state index in [1.807, 2.05) is 24.3 Å². The molecule has 0 fully saturated rings. The quantitative estimate of drug-likeness (QED) is 0.397. The Labute approximate surface area is 196 Å². The summed E-state index contributed by atoms with van der Waals surface area (Å²) in [5, 5.41) is 2.94. The fourth-order valence-electron chi connectivity index (χ4n) is 4.21. The number of nitrogens with zero attached hydrogens (tertiary/aromatic N) is 3. The molecule has 2 heterocycles. The van der Waals surface area contributed by atoms with E-state index in [2.05, 4.69) is 15.3 Å². The molecule has 178 valence electrons. The minimum atomic E-state index is -4.60. The molecule has 0 aliphatic carbocycles. The highest BCUT2D eigenvalue weighted by atomic mass is 19.4. The molecular formula is C25H20F3N5O2. The predicted octanol–water partition coefficient (Wildman–Crippen LogP) is 4.14. The zero-order chi connectivity index (χ0) is 24.7. The van der Waals surface area contributed by atoms with Gasteiger partial charge in [-0.2, -0.15) is 13.2 Å². The molecule has 1 atom stereocenters. The lowest BCUT2D eigenvalue weighted by molar-refractivity contribution is -0.144. The molecular weight excluding hydrogens is 459 g/mol. The van der Waals surface area contributed by atoms with Gasteiger partial charge >= 0.3 is 11.9 Å². The monoisotopic (exact) mass is 479 g/mol. The number of hydrogen-bond acceptors (Lipinski definition) is 3. The van der Waals surface area contributed by atoms with Crippen LogP contribution in [0.1, 0.15) is 23.0 Å². The molecule has 0 saturated carbocycles. The SMILES string of the molecule is Cn1c(=O)n(CC(=O)NC(c2ccccc2)c2ccc3nc(C(F)(F)F)[nH]c3c2)c2ccccc21. The number of nitrogens with one attached hydrogen (secondary N) is 2. The topological polar surface area (TPSA) is 84.7 Å². The number of hydrogen-bond donors (Lipinski definition) is 2.